The van der Waals surface area contributed by atoms with Crippen LogP contribution < -0.4 is 5.32 Å². The number of hydrogen-bond donors (Lipinski definition) is 1. The Hall–Kier alpha value is -3.13. The van der Waals surface area contributed by atoms with Gasteiger partial charge in [-0.05, 0) is 54.1 Å². The number of carbonyl (C=O) groups is 1. The van der Waals surface area contributed by atoms with Crippen LogP contribution in [0.4, 0.5) is 5.69 Å². The van der Waals surface area contributed by atoms with Crippen molar-refractivity contribution in [3.05, 3.63) is 90.0 Å². The molecule has 2 heterocycles. The van der Waals surface area contributed by atoms with Crippen LogP contribution in [0, 0.1) is 0 Å². The predicted molar refractivity (Wildman–Crippen MR) is 151 cm³/mol. The molecule has 0 aliphatic carbocycles. The Labute approximate surface area is 235 Å². The maximum Gasteiger partial charge on any atom is 0.255 e. The summed E-state index contributed by atoms with van der Waals surface area (Å²) in [5.41, 5.74) is 2.00. The number of nitrogens with one attached hydrogen (secondary N) is 1. The van der Waals surface area contributed by atoms with Crippen molar-refractivity contribution < 1.29 is 26.4 Å². The second-order valence-corrected chi connectivity index (χ2v) is 13.6. The van der Waals surface area contributed by atoms with Crippen LogP contribution in [0.1, 0.15) is 15.9 Å². The first-order chi connectivity index (χ1) is 19.2. The second-order valence-electron chi connectivity index (χ2n) is 9.69. The summed E-state index contributed by atoms with van der Waals surface area (Å²) in [6.07, 6.45) is 0. The lowest BCUT2D eigenvalue weighted by atomic mass is 10.1. The van der Waals surface area contributed by atoms with E-state index in [9.17, 15) is 21.6 Å². The number of piperazine rings is 1. The minimum Gasteiger partial charge on any atom is -0.379 e. The van der Waals surface area contributed by atoms with Gasteiger partial charge in [-0.3, -0.25) is 9.69 Å². The third kappa shape index (κ3) is 6.43. The number of nitrogens with zero attached hydrogens (tertiary/aromatic N) is 3. The zero-order valence-electron chi connectivity index (χ0n) is 22.0. The molecule has 0 unspecified atom stereocenters. The van der Waals surface area contributed by atoms with Gasteiger partial charge < -0.3 is 10.1 Å². The Morgan fingerprint density at radius 2 is 1.23 bits per heavy atom. The molecule has 2 saturated heterocycles. The van der Waals surface area contributed by atoms with E-state index in [1.807, 2.05) is 12.1 Å². The van der Waals surface area contributed by atoms with Gasteiger partial charge in [0.25, 0.3) is 5.91 Å². The zero-order valence-corrected chi connectivity index (χ0v) is 23.6. The van der Waals surface area contributed by atoms with E-state index in [0.717, 1.165) is 5.56 Å². The van der Waals surface area contributed by atoms with Crippen molar-refractivity contribution in [2.24, 2.45) is 0 Å². The van der Waals surface area contributed by atoms with E-state index in [0.29, 0.717) is 75.2 Å². The molecule has 12 heteroatoms. The van der Waals surface area contributed by atoms with E-state index in [1.54, 1.807) is 54.6 Å². The van der Waals surface area contributed by atoms with Crippen LogP contribution in [0.25, 0.3) is 0 Å². The first-order valence-electron chi connectivity index (χ1n) is 13.1. The highest BCUT2D eigenvalue weighted by Gasteiger charge is 2.28. The van der Waals surface area contributed by atoms with Crippen molar-refractivity contribution in [1.29, 1.82) is 0 Å². The summed E-state index contributed by atoms with van der Waals surface area (Å²) in [4.78, 5) is 15.4. The lowest BCUT2D eigenvalue weighted by Gasteiger charge is -2.34. The van der Waals surface area contributed by atoms with E-state index in [-0.39, 0.29) is 10.8 Å². The largest absolute Gasteiger partial charge is 0.379 e. The van der Waals surface area contributed by atoms with E-state index in [1.165, 1.54) is 20.7 Å². The van der Waals surface area contributed by atoms with Crippen molar-refractivity contribution in [3.8, 4) is 0 Å². The van der Waals surface area contributed by atoms with Gasteiger partial charge in [0.05, 0.1) is 23.0 Å². The Morgan fingerprint density at radius 1 is 0.675 bits per heavy atom. The Kier molecular flexibility index (Phi) is 8.64. The number of morpholine rings is 1. The number of hydrogen-bond acceptors (Lipinski definition) is 7. The molecule has 1 N–H and O–H groups in total. The Balaban J connectivity index is 1.13. The third-order valence-corrected chi connectivity index (χ3v) is 10.9. The number of sulfonamides is 2. The number of rotatable bonds is 8. The monoisotopic (exact) mass is 584 g/mol. The minimum atomic E-state index is -3.60. The molecule has 0 radical (unpaired) electrons. The summed E-state index contributed by atoms with van der Waals surface area (Å²) in [7, 11) is -7.08. The van der Waals surface area contributed by atoms with E-state index in [4.69, 9.17) is 4.74 Å². The molecule has 3 aromatic rings. The van der Waals surface area contributed by atoms with Gasteiger partial charge in [0.2, 0.25) is 20.0 Å². The highest BCUT2D eigenvalue weighted by molar-refractivity contribution is 7.89. The first kappa shape index (κ1) is 28.4. The van der Waals surface area contributed by atoms with Gasteiger partial charge in [-0.1, -0.05) is 30.3 Å². The highest BCUT2D eigenvalue weighted by Crippen LogP contribution is 2.21. The van der Waals surface area contributed by atoms with Crippen LogP contribution in [-0.2, 0) is 31.3 Å². The van der Waals surface area contributed by atoms with Gasteiger partial charge in [-0.25, -0.2) is 16.8 Å². The smallest absolute Gasteiger partial charge is 0.255 e. The predicted octanol–water partition coefficient (Wildman–Crippen LogP) is 2.47. The van der Waals surface area contributed by atoms with Gasteiger partial charge in [0.15, 0.2) is 0 Å². The summed E-state index contributed by atoms with van der Waals surface area (Å²) >= 11 is 0. The third-order valence-electron chi connectivity index (χ3n) is 7.05. The standard InChI is InChI=1S/C28H32N4O6S2/c33-28(29-25-10-12-27(13-11-25)40(36,37)32-18-20-38-21-19-32)24-8-6-23(7-9-24)22-30-14-16-31(17-15-30)39(34,35)26-4-2-1-3-5-26/h1-13H,14-22H2,(H,29,33). The van der Waals surface area contributed by atoms with Gasteiger partial charge in [0, 0.05) is 57.1 Å². The summed E-state index contributed by atoms with van der Waals surface area (Å²) < 4.78 is 59.4. The molecule has 0 saturated carbocycles. The number of anilines is 1. The molecule has 2 aliphatic heterocycles. The molecular weight excluding hydrogens is 552 g/mol. The first-order valence-corrected chi connectivity index (χ1v) is 16.0. The van der Waals surface area contributed by atoms with E-state index in [2.05, 4.69) is 10.2 Å². The second kappa shape index (κ2) is 12.2. The number of benzene rings is 3. The van der Waals surface area contributed by atoms with Crippen LogP contribution in [0.5, 0.6) is 0 Å². The molecule has 0 bridgehead atoms. The minimum absolute atomic E-state index is 0.176. The topological polar surface area (TPSA) is 116 Å². The van der Waals surface area contributed by atoms with Gasteiger partial charge >= 0.3 is 0 Å². The van der Waals surface area contributed by atoms with E-state index >= 15 is 0 Å². The Bertz CT molecular complexity index is 1520. The van der Waals surface area contributed by atoms with Crippen molar-refractivity contribution in [2.45, 2.75) is 16.3 Å². The average Bonchev–Trinajstić information content (AvgIpc) is 2.99. The molecule has 2 fully saturated rings. The van der Waals surface area contributed by atoms with Crippen molar-refractivity contribution in [1.82, 2.24) is 13.5 Å². The quantitative estimate of drug-likeness (QED) is 0.433. The fourth-order valence-electron chi connectivity index (χ4n) is 4.74. The van der Waals surface area contributed by atoms with Crippen LogP contribution >= 0.6 is 0 Å². The fraction of sp³-hybridized carbons (Fsp3) is 0.321. The van der Waals surface area contributed by atoms with Gasteiger partial charge in [0.1, 0.15) is 0 Å². The van der Waals surface area contributed by atoms with Crippen molar-refractivity contribution in [3.63, 3.8) is 0 Å². The van der Waals surface area contributed by atoms with Crippen LogP contribution in [-0.4, -0.2) is 88.7 Å². The van der Waals surface area contributed by atoms with Gasteiger partial charge in [-0.2, -0.15) is 8.61 Å². The molecule has 40 heavy (non-hydrogen) atoms. The molecule has 10 nitrogen and oxygen atoms in total. The molecule has 5 rings (SSSR count). The summed E-state index contributed by atoms with van der Waals surface area (Å²) in [5, 5.41) is 2.81. The number of ether oxygens (including phenoxy) is 1. The fourth-order valence-corrected chi connectivity index (χ4v) is 7.59. The zero-order chi connectivity index (χ0) is 28.2. The number of amides is 1. The SMILES string of the molecule is O=C(Nc1ccc(S(=O)(=O)N2CCOCC2)cc1)c1ccc(CN2CCN(S(=O)(=O)c3ccccc3)CC2)cc1. The van der Waals surface area contributed by atoms with Crippen LogP contribution in [0.2, 0.25) is 0 Å². The molecule has 0 aromatic heterocycles. The van der Waals surface area contributed by atoms with Crippen molar-refractivity contribution in [2.75, 3.05) is 57.8 Å². The van der Waals surface area contributed by atoms with Crippen LogP contribution in [0.15, 0.2) is 88.7 Å². The maximum absolute atomic E-state index is 12.8. The normalized spacial score (nSPS) is 17.9. The maximum atomic E-state index is 12.8. The van der Waals surface area contributed by atoms with E-state index < -0.39 is 20.0 Å². The lowest BCUT2D eigenvalue weighted by molar-refractivity contribution is 0.0730. The van der Waals surface area contributed by atoms with Crippen LogP contribution in [0.3, 0.4) is 0 Å². The molecule has 2 aliphatic rings. The molecule has 0 atom stereocenters. The average molecular weight is 585 g/mol. The molecule has 1 amide bonds. The van der Waals surface area contributed by atoms with Crippen molar-refractivity contribution >= 4 is 31.6 Å². The summed E-state index contributed by atoms with van der Waals surface area (Å²) in [6.45, 7) is 4.13. The highest BCUT2D eigenvalue weighted by atomic mass is 32.2. The summed E-state index contributed by atoms with van der Waals surface area (Å²) in [5.74, 6) is -0.296. The molecule has 3 aromatic carbocycles. The molecule has 0 spiro atoms. The Morgan fingerprint density at radius 3 is 1.82 bits per heavy atom. The van der Waals surface area contributed by atoms with Gasteiger partial charge in [-0.15, -0.1) is 0 Å². The summed E-state index contributed by atoms with van der Waals surface area (Å²) in [6, 6.07) is 21.9. The lowest BCUT2D eigenvalue weighted by Crippen LogP contribution is -2.48. The molecular formula is C28H32N4O6S2. The number of carbonyl (C=O) groups excluding carboxylic acids is 1. The molecule has 212 valence electrons.